The molecule has 3 aromatic rings. The minimum Gasteiger partial charge on any atom is -0.351 e. The number of nitrogens with two attached hydrogens (primary N) is 1. The number of rotatable bonds is 6. The molecule has 0 spiro atoms. The molecule has 4 rings (SSSR count). The molecule has 1 fully saturated rings. The van der Waals surface area contributed by atoms with E-state index in [0.29, 0.717) is 28.2 Å². The molecule has 0 unspecified atom stereocenters. The highest BCUT2D eigenvalue weighted by molar-refractivity contribution is 7.17. The zero-order chi connectivity index (χ0) is 20.4. The van der Waals surface area contributed by atoms with E-state index in [9.17, 15) is 9.59 Å². The summed E-state index contributed by atoms with van der Waals surface area (Å²) in [6.07, 6.45) is 3.82. The molecule has 1 aliphatic rings. The minimum absolute atomic E-state index is 0.231. The Kier molecular flexibility index (Phi) is 5.31. The first-order chi connectivity index (χ1) is 14.0. The number of hydrogen-bond acceptors (Lipinski definition) is 4. The van der Waals surface area contributed by atoms with Gasteiger partial charge in [0.2, 0.25) is 0 Å². The van der Waals surface area contributed by atoms with Gasteiger partial charge in [0, 0.05) is 6.54 Å². The van der Waals surface area contributed by atoms with Crippen molar-refractivity contribution in [1.82, 2.24) is 10.3 Å². The van der Waals surface area contributed by atoms with E-state index in [4.69, 9.17) is 5.73 Å². The number of nitrogens with one attached hydrogen (secondary N) is 1. The Morgan fingerprint density at radius 1 is 1.21 bits per heavy atom. The average Bonchev–Trinajstić information content (AvgIpc) is 3.46. The Hall–Kier alpha value is -3.19. The number of primary amides is 1. The predicted molar refractivity (Wildman–Crippen MR) is 115 cm³/mol. The van der Waals surface area contributed by atoms with Gasteiger partial charge in [0.05, 0.1) is 11.9 Å². The van der Waals surface area contributed by atoms with E-state index in [0.717, 1.165) is 22.5 Å². The topological polar surface area (TPSA) is 88.3 Å². The fourth-order valence-corrected chi connectivity index (χ4v) is 4.04. The summed E-state index contributed by atoms with van der Waals surface area (Å²) in [6.45, 7) is 2.36. The summed E-state index contributed by atoms with van der Waals surface area (Å²) in [5.41, 5.74) is 9.54. The van der Waals surface area contributed by atoms with E-state index in [1.54, 1.807) is 0 Å². The first-order valence-electron chi connectivity index (χ1n) is 9.51. The summed E-state index contributed by atoms with van der Waals surface area (Å²) < 4.78 is 0. The molecule has 7 heteroatoms. The highest BCUT2D eigenvalue weighted by atomic mass is 32.1. The molecular weight excluding hydrogens is 384 g/mol. The van der Waals surface area contributed by atoms with Crippen LogP contribution in [-0.4, -0.2) is 16.9 Å². The summed E-state index contributed by atoms with van der Waals surface area (Å²) in [5.74, 6) is 0.324. The van der Waals surface area contributed by atoms with Crippen LogP contribution in [0.3, 0.4) is 0 Å². The van der Waals surface area contributed by atoms with E-state index in [1.165, 1.54) is 29.5 Å². The number of benzene rings is 2. The monoisotopic (exact) mass is 406 g/mol. The van der Waals surface area contributed by atoms with Gasteiger partial charge in [-0.2, -0.15) is 0 Å². The Bertz CT molecular complexity index is 1040. The molecule has 0 radical (unpaired) electrons. The number of carbonyl (C=O) groups excluding carboxylic acids is 2. The maximum atomic E-state index is 12.5. The predicted octanol–water partition coefficient (Wildman–Crippen LogP) is 4.48. The smallest absolute Gasteiger partial charge is 0.325 e. The molecule has 0 bridgehead atoms. The fraction of sp³-hybridized carbons (Fsp3) is 0.227. The Balaban J connectivity index is 1.55. The quantitative estimate of drug-likeness (QED) is 0.633. The molecule has 0 saturated heterocycles. The van der Waals surface area contributed by atoms with Crippen molar-refractivity contribution >= 4 is 34.1 Å². The molecule has 2 aromatic carbocycles. The van der Waals surface area contributed by atoms with Gasteiger partial charge in [-0.25, -0.2) is 14.7 Å². The number of nitrogens with zero attached hydrogens (tertiary/aromatic N) is 2. The van der Waals surface area contributed by atoms with Crippen molar-refractivity contribution in [2.24, 2.45) is 5.73 Å². The molecule has 6 nitrogen and oxygen atoms in total. The van der Waals surface area contributed by atoms with Gasteiger partial charge in [-0.3, -0.25) is 4.79 Å². The van der Waals surface area contributed by atoms with E-state index >= 15 is 0 Å². The zero-order valence-electron chi connectivity index (χ0n) is 16.1. The zero-order valence-corrected chi connectivity index (χ0v) is 16.9. The summed E-state index contributed by atoms with van der Waals surface area (Å²) in [6, 6.07) is 15.2. The lowest BCUT2D eigenvalue weighted by atomic mass is 10.1. The van der Waals surface area contributed by atoms with Gasteiger partial charge in [0.15, 0.2) is 5.13 Å². The number of carbonyl (C=O) groups is 2. The highest BCUT2D eigenvalue weighted by Crippen LogP contribution is 2.42. The first-order valence-corrected chi connectivity index (χ1v) is 10.3. The largest absolute Gasteiger partial charge is 0.351 e. The lowest BCUT2D eigenvalue weighted by Gasteiger charge is -2.20. The number of aryl methyl sites for hydroxylation is 1. The highest BCUT2D eigenvalue weighted by Gasteiger charge is 2.27. The number of thiazole rings is 1. The standard InChI is InChI=1S/C22H22N4O2S/c1-14-7-8-17(16-9-10-16)11-18(14)26(21(23)28)22-25-13-19(29-22)20(27)24-12-15-5-3-2-4-6-15/h2-8,11,13,16H,9-10,12H2,1H3,(H2,23,28)(H,24,27). The van der Waals surface area contributed by atoms with E-state index < -0.39 is 6.03 Å². The van der Waals surface area contributed by atoms with Crippen LogP contribution in [0.1, 0.15) is 45.1 Å². The number of amides is 3. The van der Waals surface area contributed by atoms with Crippen molar-refractivity contribution < 1.29 is 9.59 Å². The van der Waals surface area contributed by atoms with Crippen molar-refractivity contribution in [3.8, 4) is 0 Å². The van der Waals surface area contributed by atoms with Gasteiger partial charge in [0.1, 0.15) is 4.88 Å². The molecule has 3 amide bonds. The van der Waals surface area contributed by atoms with Crippen LogP contribution in [0.15, 0.2) is 54.7 Å². The summed E-state index contributed by atoms with van der Waals surface area (Å²) in [4.78, 5) is 30.9. The van der Waals surface area contributed by atoms with Crippen LogP contribution in [0.2, 0.25) is 0 Å². The van der Waals surface area contributed by atoms with Gasteiger partial charge in [-0.05, 0) is 48.4 Å². The summed E-state index contributed by atoms with van der Waals surface area (Å²) >= 11 is 1.15. The first kappa shape index (κ1) is 19.1. The van der Waals surface area contributed by atoms with Crippen LogP contribution in [0.5, 0.6) is 0 Å². The second-order valence-corrected chi connectivity index (χ2v) is 8.18. The SMILES string of the molecule is Cc1ccc(C2CC2)cc1N(C(N)=O)c1ncc(C(=O)NCc2ccccc2)s1. The number of hydrogen-bond donors (Lipinski definition) is 2. The molecule has 0 atom stereocenters. The molecule has 29 heavy (non-hydrogen) atoms. The number of anilines is 2. The van der Waals surface area contributed by atoms with Gasteiger partial charge in [0.25, 0.3) is 5.91 Å². The van der Waals surface area contributed by atoms with Crippen LogP contribution in [0, 0.1) is 6.92 Å². The van der Waals surface area contributed by atoms with Gasteiger partial charge < -0.3 is 11.1 Å². The molecular formula is C22H22N4O2S. The van der Waals surface area contributed by atoms with Crippen LogP contribution in [0.4, 0.5) is 15.6 Å². The molecule has 1 aromatic heterocycles. The lowest BCUT2D eigenvalue weighted by molar-refractivity contribution is 0.0954. The van der Waals surface area contributed by atoms with Crippen LogP contribution in [0.25, 0.3) is 0 Å². The summed E-state index contributed by atoms with van der Waals surface area (Å²) in [5, 5.41) is 3.26. The molecule has 3 N–H and O–H groups in total. The fourth-order valence-electron chi connectivity index (χ4n) is 3.19. The van der Waals surface area contributed by atoms with Crippen molar-refractivity contribution in [3.63, 3.8) is 0 Å². The van der Waals surface area contributed by atoms with Crippen LogP contribution >= 0.6 is 11.3 Å². The Labute approximate surface area is 173 Å². The molecule has 0 aliphatic heterocycles. The minimum atomic E-state index is -0.619. The normalized spacial score (nSPS) is 13.1. The van der Waals surface area contributed by atoms with Crippen LogP contribution < -0.4 is 16.0 Å². The Morgan fingerprint density at radius 3 is 2.66 bits per heavy atom. The van der Waals surface area contributed by atoms with Crippen molar-refractivity contribution in [1.29, 1.82) is 0 Å². The second kappa shape index (κ2) is 8.05. The maximum absolute atomic E-state index is 12.5. The third kappa shape index (κ3) is 4.30. The number of aromatic nitrogens is 1. The van der Waals surface area contributed by atoms with E-state index in [2.05, 4.69) is 16.4 Å². The molecule has 1 aliphatic carbocycles. The summed E-state index contributed by atoms with van der Waals surface area (Å²) in [7, 11) is 0. The van der Waals surface area contributed by atoms with E-state index in [-0.39, 0.29) is 5.91 Å². The van der Waals surface area contributed by atoms with Crippen LogP contribution in [-0.2, 0) is 6.54 Å². The molecule has 1 heterocycles. The van der Waals surface area contributed by atoms with E-state index in [1.807, 2.05) is 49.4 Å². The van der Waals surface area contributed by atoms with Crippen molar-refractivity contribution in [3.05, 3.63) is 76.3 Å². The van der Waals surface area contributed by atoms with Crippen molar-refractivity contribution in [2.45, 2.75) is 32.2 Å². The third-order valence-electron chi connectivity index (χ3n) is 4.95. The molecule has 1 saturated carbocycles. The Morgan fingerprint density at radius 2 is 1.97 bits per heavy atom. The average molecular weight is 407 g/mol. The molecule has 148 valence electrons. The number of urea groups is 1. The maximum Gasteiger partial charge on any atom is 0.325 e. The lowest BCUT2D eigenvalue weighted by Crippen LogP contribution is -2.32. The van der Waals surface area contributed by atoms with Gasteiger partial charge in [-0.1, -0.05) is 53.8 Å². The van der Waals surface area contributed by atoms with Gasteiger partial charge >= 0.3 is 6.03 Å². The second-order valence-electron chi connectivity index (χ2n) is 7.17. The third-order valence-corrected chi connectivity index (χ3v) is 5.93. The van der Waals surface area contributed by atoms with Gasteiger partial charge in [-0.15, -0.1) is 0 Å². The van der Waals surface area contributed by atoms with Crippen molar-refractivity contribution in [2.75, 3.05) is 4.90 Å².